The van der Waals surface area contributed by atoms with E-state index in [1.807, 2.05) is 22.6 Å². The van der Waals surface area contributed by atoms with Crippen molar-refractivity contribution in [2.75, 3.05) is 13.7 Å². The molecule has 1 atom stereocenters. The van der Waals surface area contributed by atoms with Gasteiger partial charge in [0.05, 0.1) is 20.7 Å². The second-order valence-corrected chi connectivity index (χ2v) is 5.51. The molecule has 0 amide bonds. The van der Waals surface area contributed by atoms with Gasteiger partial charge in [-0.3, -0.25) is 0 Å². The predicted octanol–water partition coefficient (Wildman–Crippen LogP) is 3.13. The van der Waals surface area contributed by atoms with Crippen molar-refractivity contribution in [3.05, 3.63) is 25.5 Å². The summed E-state index contributed by atoms with van der Waals surface area (Å²) in [5, 5.41) is 0. The molecule has 0 radical (unpaired) electrons. The first-order valence-corrected chi connectivity index (χ1v) is 6.89. The summed E-state index contributed by atoms with van der Waals surface area (Å²) in [6.45, 7) is 1.99. The summed E-state index contributed by atoms with van der Waals surface area (Å²) >= 11 is 4.99. The molecule has 1 rings (SSSR count). The number of benzene rings is 1. The Morgan fingerprint density at radius 3 is 2.68 bits per heavy atom. The average Bonchev–Trinajstić information content (AvgIpc) is 2.32. The molecular formula is C11H13BrClFINO3. The van der Waals surface area contributed by atoms with Gasteiger partial charge in [-0.05, 0) is 51.5 Å². The summed E-state index contributed by atoms with van der Waals surface area (Å²) in [5.74, 6) is -0.944. The Bertz CT molecular complexity index is 474. The molecule has 0 fully saturated rings. The van der Waals surface area contributed by atoms with Gasteiger partial charge in [0.15, 0.2) is 5.75 Å². The highest BCUT2D eigenvalue weighted by Gasteiger charge is 2.21. The standard InChI is InChI=1S/C11H12BrFINO3.ClH/c1-5(15)4-18-10-8(12)7(13)3-6(9(10)14)11(16)17-2;/h3,5H,4,15H2,1-2H3;1H/t5-;/m0./s1. The molecule has 0 aliphatic rings. The molecule has 8 heteroatoms. The third-order valence-electron chi connectivity index (χ3n) is 2.01. The van der Waals surface area contributed by atoms with Crippen LogP contribution in [0.1, 0.15) is 17.3 Å². The number of nitrogens with two attached hydrogens (primary N) is 1. The summed E-state index contributed by atoms with van der Waals surface area (Å²) in [7, 11) is 1.24. The smallest absolute Gasteiger partial charge is 0.339 e. The molecule has 108 valence electrons. The Morgan fingerprint density at radius 1 is 1.63 bits per heavy atom. The monoisotopic (exact) mass is 467 g/mol. The molecule has 0 aliphatic carbocycles. The summed E-state index contributed by atoms with van der Waals surface area (Å²) in [5.41, 5.74) is 5.70. The van der Waals surface area contributed by atoms with Crippen molar-refractivity contribution in [3.8, 4) is 5.75 Å². The van der Waals surface area contributed by atoms with E-state index >= 15 is 0 Å². The van der Waals surface area contributed by atoms with E-state index in [4.69, 9.17) is 10.5 Å². The van der Waals surface area contributed by atoms with Crippen LogP contribution in [0, 0.1) is 9.39 Å². The zero-order chi connectivity index (χ0) is 13.9. The summed E-state index contributed by atoms with van der Waals surface area (Å²) < 4.78 is 24.3. The quantitative estimate of drug-likeness (QED) is 0.419. The largest absolute Gasteiger partial charge is 0.490 e. The van der Waals surface area contributed by atoms with Crippen molar-refractivity contribution in [3.63, 3.8) is 0 Å². The molecule has 1 aromatic carbocycles. The number of halogens is 4. The van der Waals surface area contributed by atoms with Crippen LogP contribution in [0.15, 0.2) is 10.5 Å². The van der Waals surface area contributed by atoms with Crippen molar-refractivity contribution in [1.82, 2.24) is 0 Å². The summed E-state index contributed by atoms with van der Waals surface area (Å²) in [6, 6.07) is 0.911. The highest BCUT2D eigenvalue weighted by Crippen LogP contribution is 2.35. The first kappa shape index (κ1) is 18.9. The van der Waals surface area contributed by atoms with Gasteiger partial charge in [-0.2, -0.15) is 0 Å². The Kier molecular flexibility index (Phi) is 8.18. The Labute approximate surface area is 138 Å². The molecule has 2 N–H and O–H groups in total. The lowest BCUT2D eigenvalue weighted by Crippen LogP contribution is -2.24. The molecule has 0 saturated carbocycles. The van der Waals surface area contributed by atoms with Crippen molar-refractivity contribution in [2.24, 2.45) is 5.73 Å². The van der Waals surface area contributed by atoms with Gasteiger partial charge in [-0.25, -0.2) is 9.18 Å². The number of hydrogen-bond acceptors (Lipinski definition) is 4. The minimum absolute atomic E-state index is 0. The van der Waals surface area contributed by atoms with E-state index in [2.05, 4.69) is 20.7 Å². The van der Waals surface area contributed by atoms with Crippen LogP contribution in [0.4, 0.5) is 4.39 Å². The first-order chi connectivity index (χ1) is 8.38. The van der Waals surface area contributed by atoms with Gasteiger partial charge in [-0.1, -0.05) is 0 Å². The van der Waals surface area contributed by atoms with Gasteiger partial charge in [0, 0.05) is 6.04 Å². The van der Waals surface area contributed by atoms with Gasteiger partial charge < -0.3 is 15.2 Å². The Balaban J connectivity index is 0.00000324. The third-order valence-corrected chi connectivity index (χ3v) is 3.82. The zero-order valence-electron chi connectivity index (χ0n) is 10.2. The number of esters is 1. The van der Waals surface area contributed by atoms with Crippen LogP contribution < -0.4 is 10.5 Å². The van der Waals surface area contributed by atoms with Crippen molar-refractivity contribution in [2.45, 2.75) is 13.0 Å². The number of methoxy groups -OCH3 is 1. The molecule has 0 heterocycles. The fourth-order valence-electron chi connectivity index (χ4n) is 1.18. The summed E-state index contributed by atoms with van der Waals surface area (Å²) in [6.07, 6.45) is 0. The molecule has 0 aromatic heterocycles. The molecule has 0 spiro atoms. The zero-order valence-corrected chi connectivity index (χ0v) is 14.8. The minimum Gasteiger partial charge on any atom is -0.490 e. The van der Waals surface area contributed by atoms with Gasteiger partial charge in [-0.15, -0.1) is 12.4 Å². The van der Waals surface area contributed by atoms with Crippen LogP contribution in [-0.4, -0.2) is 25.7 Å². The lowest BCUT2D eigenvalue weighted by molar-refractivity contribution is 0.0598. The van der Waals surface area contributed by atoms with E-state index in [1.165, 1.54) is 7.11 Å². The maximum Gasteiger partial charge on any atom is 0.339 e. The fourth-order valence-corrected chi connectivity index (χ4v) is 2.78. The number of hydrogen-bond donors (Lipinski definition) is 1. The van der Waals surface area contributed by atoms with Crippen molar-refractivity contribution < 1.29 is 18.7 Å². The second-order valence-electron chi connectivity index (χ2n) is 3.64. The number of rotatable bonds is 4. The molecule has 0 unspecified atom stereocenters. The normalized spacial score (nSPS) is 11.5. The van der Waals surface area contributed by atoms with E-state index in [9.17, 15) is 9.18 Å². The van der Waals surface area contributed by atoms with Crippen LogP contribution in [0.2, 0.25) is 0 Å². The second kappa shape index (κ2) is 8.23. The maximum absolute atomic E-state index is 13.7. The lowest BCUT2D eigenvalue weighted by atomic mass is 10.2. The molecule has 1 aromatic rings. The van der Waals surface area contributed by atoms with Gasteiger partial charge in [0.25, 0.3) is 0 Å². The summed E-state index contributed by atoms with van der Waals surface area (Å²) in [4.78, 5) is 11.5. The molecule has 4 nitrogen and oxygen atoms in total. The van der Waals surface area contributed by atoms with Crippen molar-refractivity contribution in [1.29, 1.82) is 0 Å². The fraction of sp³-hybridized carbons (Fsp3) is 0.364. The topological polar surface area (TPSA) is 61.5 Å². The van der Waals surface area contributed by atoms with Crippen LogP contribution in [-0.2, 0) is 4.74 Å². The Morgan fingerprint density at radius 2 is 2.21 bits per heavy atom. The van der Waals surface area contributed by atoms with Crippen LogP contribution in [0.25, 0.3) is 0 Å². The molecule has 0 aliphatic heterocycles. The third kappa shape index (κ3) is 4.73. The van der Waals surface area contributed by atoms with E-state index in [1.54, 1.807) is 6.92 Å². The van der Waals surface area contributed by atoms with E-state index in [0.29, 0.717) is 3.57 Å². The van der Waals surface area contributed by atoms with E-state index in [0.717, 1.165) is 6.07 Å². The lowest BCUT2D eigenvalue weighted by Gasteiger charge is -2.14. The van der Waals surface area contributed by atoms with Gasteiger partial charge in [0.1, 0.15) is 12.4 Å². The molecule has 0 saturated heterocycles. The predicted molar refractivity (Wildman–Crippen MR) is 84.5 cm³/mol. The first-order valence-electron chi connectivity index (χ1n) is 5.02. The highest BCUT2D eigenvalue weighted by molar-refractivity contribution is 14.1. The van der Waals surface area contributed by atoms with Gasteiger partial charge >= 0.3 is 5.97 Å². The highest BCUT2D eigenvalue weighted by atomic mass is 127. The van der Waals surface area contributed by atoms with Crippen molar-refractivity contribution >= 4 is 56.9 Å². The molecular weight excluding hydrogens is 455 g/mol. The van der Waals surface area contributed by atoms with Gasteiger partial charge in [0.2, 0.25) is 0 Å². The number of carbonyl (C=O) groups is 1. The number of ether oxygens (including phenoxy) is 2. The maximum atomic E-state index is 13.7. The van der Waals surface area contributed by atoms with Crippen LogP contribution >= 0.6 is 50.9 Å². The Hall–Kier alpha value is -0.120. The number of carbonyl (C=O) groups excluding carboxylic acids is 1. The van der Waals surface area contributed by atoms with E-state index in [-0.39, 0.29) is 40.8 Å². The van der Waals surface area contributed by atoms with E-state index < -0.39 is 11.8 Å². The van der Waals surface area contributed by atoms with Crippen LogP contribution in [0.3, 0.4) is 0 Å². The minimum atomic E-state index is -0.614. The average molecular weight is 468 g/mol. The van der Waals surface area contributed by atoms with Crippen LogP contribution in [0.5, 0.6) is 5.75 Å². The SMILES string of the molecule is COC(=O)c1cc(F)c(Br)c(OC[C@H](C)N)c1I.Cl. The molecule has 0 bridgehead atoms. The molecule has 19 heavy (non-hydrogen) atoms.